The van der Waals surface area contributed by atoms with Crippen molar-refractivity contribution in [3.8, 4) is 5.75 Å². The Kier molecular flexibility index (Phi) is 4.83. The molecule has 1 amide bonds. The predicted octanol–water partition coefficient (Wildman–Crippen LogP) is 2.67. The Morgan fingerprint density at radius 3 is 2.67 bits per heavy atom. The van der Waals surface area contributed by atoms with Gasteiger partial charge < -0.3 is 10.1 Å². The topological polar surface area (TPSA) is 69.0 Å². The van der Waals surface area contributed by atoms with Gasteiger partial charge in [0.1, 0.15) is 11.4 Å². The van der Waals surface area contributed by atoms with Crippen molar-refractivity contribution < 1.29 is 9.53 Å². The predicted molar refractivity (Wildman–Crippen MR) is 91.1 cm³/mol. The first-order chi connectivity index (χ1) is 11.5. The maximum Gasteiger partial charge on any atom is 0.271 e. The Bertz CT molecular complexity index is 693. The fraction of sp³-hybridized carbons (Fsp3) is 0.500. The second kappa shape index (κ2) is 7.03. The molecular weight excluding hydrogens is 304 g/mol. The summed E-state index contributed by atoms with van der Waals surface area (Å²) in [6, 6.07) is 8.39. The molecule has 6 nitrogen and oxygen atoms in total. The molecule has 0 unspecified atom stereocenters. The van der Waals surface area contributed by atoms with Crippen molar-refractivity contribution in [2.24, 2.45) is 7.05 Å². The first kappa shape index (κ1) is 16.5. The highest BCUT2D eigenvalue weighted by Crippen LogP contribution is 2.35. The van der Waals surface area contributed by atoms with Gasteiger partial charge in [-0.3, -0.25) is 4.79 Å². The van der Waals surface area contributed by atoms with Gasteiger partial charge in [0.15, 0.2) is 0 Å². The third kappa shape index (κ3) is 3.58. The van der Waals surface area contributed by atoms with E-state index >= 15 is 0 Å². The summed E-state index contributed by atoms with van der Waals surface area (Å²) in [6.07, 6.45) is 4.85. The number of carbonyl (C=O) groups is 1. The van der Waals surface area contributed by atoms with E-state index < -0.39 is 0 Å². The van der Waals surface area contributed by atoms with Crippen LogP contribution in [-0.2, 0) is 7.05 Å². The molecule has 1 N–H and O–H groups in total. The normalized spacial score (nSPS) is 20.3. The van der Waals surface area contributed by atoms with Crippen LogP contribution >= 0.6 is 0 Å². The first-order valence-electron chi connectivity index (χ1n) is 8.46. The Morgan fingerprint density at radius 2 is 2.04 bits per heavy atom. The average Bonchev–Trinajstić information content (AvgIpc) is 3.16. The molecule has 1 fully saturated rings. The SMILES string of the molecule is CC(C)Oc1ccc([C@@H]2CCC[C@H]2NC(=O)c2cnnn2C)cc1. The van der Waals surface area contributed by atoms with E-state index in [1.807, 2.05) is 26.0 Å². The third-order valence-electron chi connectivity index (χ3n) is 4.46. The number of carbonyl (C=O) groups excluding carboxylic acids is 1. The molecule has 1 heterocycles. The van der Waals surface area contributed by atoms with Gasteiger partial charge in [-0.25, -0.2) is 4.68 Å². The molecule has 0 aliphatic heterocycles. The van der Waals surface area contributed by atoms with Crippen LogP contribution < -0.4 is 10.1 Å². The van der Waals surface area contributed by atoms with Gasteiger partial charge in [-0.15, -0.1) is 5.10 Å². The average molecular weight is 328 g/mol. The highest BCUT2D eigenvalue weighted by Gasteiger charge is 2.30. The molecule has 1 aromatic heterocycles. The van der Waals surface area contributed by atoms with Gasteiger partial charge in [-0.05, 0) is 44.4 Å². The number of aromatic nitrogens is 3. The number of hydrogen-bond donors (Lipinski definition) is 1. The lowest BCUT2D eigenvalue weighted by atomic mass is 9.94. The molecule has 0 spiro atoms. The molecule has 1 saturated carbocycles. The molecule has 0 radical (unpaired) electrons. The summed E-state index contributed by atoms with van der Waals surface area (Å²) in [4.78, 5) is 12.4. The van der Waals surface area contributed by atoms with E-state index in [2.05, 4.69) is 27.8 Å². The summed E-state index contributed by atoms with van der Waals surface area (Å²) in [5.41, 5.74) is 1.73. The summed E-state index contributed by atoms with van der Waals surface area (Å²) < 4.78 is 7.20. The number of nitrogens with zero attached hydrogens (tertiary/aromatic N) is 3. The van der Waals surface area contributed by atoms with E-state index in [9.17, 15) is 4.79 Å². The second-order valence-corrected chi connectivity index (χ2v) is 6.60. The van der Waals surface area contributed by atoms with Gasteiger partial charge in [-0.1, -0.05) is 23.8 Å². The van der Waals surface area contributed by atoms with Gasteiger partial charge >= 0.3 is 0 Å². The van der Waals surface area contributed by atoms with Crippen LogP contribution in [0, 0.1) is 0 Å². The standard InChI is InChI=1S/C18H24N4O2/c1-12(2)24-14-9-7-13(8-10-14)15-5-4-6-16(15)20-18(23)17-11-19-21-22(17)3/h7-12,15-16H,4-6H2,1-3H3,(H,20,23)/t15-,16+/m0/s1. The van der Waals surface area contributed by atoms with Crippen LogP contribution in [-0.4, -0.2) is 33.0 Å². The van der Waals surface area contributed by atoms with E-state index in [1.54, 1.807) is 7.05 Å². The number of ether oxygens (including phenoxy) is 1. The summed E-state index contributed by atoms with van der Waals surface area (Å²) >= 11 is 0. The highest BCUT2D eigenvalue weighted by molar-refractivity contribution is 5.92. The number of benzene rings is 1. The van der Waals surface area contributed by atoms with Crippen LogP contribution in [0.4, 0.5) is 0 Å². The van der Waals surface area contributed by atoms with Crippen LogP contribution in [0.15, 0.2) is 30.5 Å². The van der Waals surface area contributed by atoms with E-state index in [1.165, 1.54) is 16.4 Å². The van der Waals surface area contributed by atoms with Crippen LogP contribution in [0.25, 0.3) is 0 Å². The Hall–Kier alpha value is -2.37. The molecule has 2 atom stereocenters. The van der Waals surface area contributed by atoms with E-state index in [0.717, 1.165) is 25.0 Å². The van der Waals surface area contributed by atoms with Crippen LogP contribution in [0.5, 0.6) is 5.75 Å². The Labute approximate surface area is 142 Å². The third-order valence-corrected chi connectivity index (χ3v) is 4.46. The zero-order chi connectivity index (χ0) is 17.1. The zero-order valence-electron chi connectivity index (χ0n) is 14.4. The molecule has 6 heteroatoms. The molecule has 1 aromatic carbocycles. The van der Waals surface area contributed by atoms with E-state index in [0.29, 0.717) is 11.6 Å². The van der Waals surface area contributed by atoms with Crippen molar-refractivity contribution in [1.29, 1.82) is 0 Å². The number of rotatable bonds is 5. The molecule has 0 saturated heterocycles. The molecule has 1 aliphatic rings. The fourth-order valence-electron chi connectivity index (χ4n) is 3.34. The minimum absolute atomic E-state index is 0.112. The van der Waals surface area contributed by atoms with Crippen LogP contribution in [0.1, 0.15) is 55.1 Å². The van der Waals surface area contributed by atoms with Crippen LogP contribution in [0.2, 0.25) is 0 Å². The van der Waals surface area contributed by atoms with E-state index in [-0.39, 0.29) is 18.1 Å². The molecule has 2 aromatic rings. The van der Waals surface area contributed by atoms with Crippen molar-refractivity contribution in [2.75, 3.05) is 0 Å². The molecule has 1 aliphatic carbocycles. The summed E-state index contributed by atoms with van der Waals surface area (Å²) in [6.45, 7) is 4.04. The van der Waals surface area contributed by atoms with Crippen molar-refractivity contribution in [3.63, 3.8) is 0 Å². The lowest BCUT2D eigenvalue weighted by Crippen LogP contribution is -2.37. The van der Waals surface area contributed by atoms with Crippen LogP contribution in [0.3, 0.4) is 0 Å². The number of hydrogen-bond acceptors (Lipinski definition) is 4. The Morgan fingerprint density at radius 1 is 1.29 bits per heavy atom. The van der Waals surface area contributed by atoms with Gasteiger partial charge in [0.2, 0.25) is 0 Å². The first-order valence-corrected chi connectivity index (χ1v) is 8.46. The summed E-state index contributed by atoms with van der Waals surface area (Å²) in [5.74, 6) is 1.11. The molecule has 128 valence electrons. The second-order valence-electron chi connectivity index (χ2n) is 6.60. The molecule has 24 heavy (non-hydrogen) atoms. The maximum absolute atomic E-state index is 12.4. The monoisotopic (exact) mass is 328 g/mol. The maximum atomic E-state index is 12.4. The lowest BCUT2D eigenvalue weighted by molar-refractivity contribution is 0.0925. The highest BCUT2D eigenvalue weighted by atomic mass is 16.5. The van der Waals surface area contributed by atoms with Crippen molar-refractivity contribution >= 4 is 5.91 Å². The Balaban J connectivity index is 1.69. The van der Waals surface area contributed by atoms with Crippen molar-refractivity contribution in [2.45, 2.75) is 51.2 Å². The van der Waals surface area contributed by atoms with Gasteiger partial charge in [0.25, 0.3) is 5.91 Å². The van der Waals surface area contributed by atoms with Gasteiger partial charge in [-0.2, -0.15) is 0 Å². The summed E-state index contributed by atoms with van der Waals surface area (Å²) in [7, 11) is 1.72. The smallest absolute Gasteiger partial charge is 0.271 e. The number of aryl methyl sites for hydroxylation is 1. The number of nitrogens with one attached hydrogen (secondary N) is 1. The largest absolute Gasteiger partial charge is 0.491 e. The molecular formula is C18H24N4O2. The van der Waals surface area contributed by atoms with Crippen molar-refractivity contribution in [3.05, 3.63) is 41.7 Å². The summed E-state index contributed by atoms with van der Waals surface area (Å²) in [5, 5.41) is 10.7. The minimum Gasteiger partial charge on any atom is -0.491 e. The lowest BCUT2D eigenvalue weighted by Gasteiger charge is -2.22. The quantitative estimate of drug-likeness (QED) is 0.916. The van der Waals surface area contributed by atoms with E-state index in [4.69, 9.17) is 4.74 Å². The van der Waals surface area contributed by atoms with Gasteiger partial charge in [0.05, 0.1) is 12.3 Å². The zero-order valence-corrected chi connectivity index (χ0v) is 14.4. The fourth-order valence-corrected chi connectivity index (χ4v) is 3.34. The molecule has 0 bridgehead atoms. The molecule has 3 rings (SSSR count). The minimum atomic E-state index is -0.112. The van der Waals surface area contributed by atoms with Gasteiger partial charge in [0, 0.05) is 19.0 Å². The number of amides is 1. The van der Waals surface area contributed by atoms with Crippen molar-refractivity contribution in [1.82, 2.24) is 20.3 Å².